The molecule has 100 valence electrons. The number of rotatable bonds is 4. The molecule has 3 nitrogen and oxygen atoms in total. The summed E-state index contributed by atoms with van der Waals surface area (Å²) < 4.78 is 7.47. The van der Waals surface area contributed by atoms with E-state index in [1.807, 2.05) is 24.0 Å². The molecule has 4 heteroatoms. The van der Waals surface area contributed by atoms with Crippen LogP contribution in [0.15, 0.2) is 30.6 Å². The lowest BCUT2D eigenvalue weighted by Crippen LogP contribution is -2.01. The lowest BCUT2D eigenvalue weighted by molar-refractivity contribution is 0.357. The van der Waals surface area contributed by atoms with Gasteiger partial charge in [0.1, 0.15) is 5.75 Å². The van der Waals surface area contributed by atoms with Crippen LogP contribution in [0.3, 0.4) is 0 Å². The van der Waals surface area contributed by atoms with Crippen molar-refractivity contribution in [3.8, 4) is 5.75 Å². The van der Waals surface area contributed by atoms with Crippen molar-refractivity contribution in [1.82, 2.24) is 9.78 Å². The minimum absolute atomic E-state index is 0.0193. The molecule has 0 N–H and O–H groups in total. The first kappa shape index (κ1) is 12.5. The van der Waals surface area contributed by atoms with Crippen LogP contribution in [0, 0.1) is 0 Å². The van der Waals surface area contributed by atoms with E-state index in [1.54, 1.807) is 0 Å². The summed E-state index contributed by atoms with van der Waals surface area (Å²) in [7, 11) is 0. The number of aromatic nitrogens is 2. The Bertz CT molecular complexity index is 577. The lowest BCUT2D eigenvalue weighted by Gasteiger charge is -2.05. The lowest BCUT2D eigenvalue weighted by atomic mass is 10.1. The highest BCUT2D eigenvalue weighted by molar-refractivity contribution is 6.20. The Morgan fingerprint density at radius 3 is 3.16 bits per heavy atom. The summed E-state index contributed by atoms with van der Waals surface area (Å²) in [5.74, 6) is 1.04. The first-order valence-corrected chi connectivity index (χ1v) is 7.07. The van der Waals surface area contributed by atoms with Gasteiger partial charge in [-0.2, -0.15) is 5.10 Å². The molecule has 1 aromatic heterocycles. The molecule has 3 rings (SSSR count). The molecule has 0 amide bonds. The Morgan fingerprint density at radius 1 is 1.47 bits per heavy atom. The van der Waals surface area contributed by atoms with E-state index in [1.165, 1.54) is 11.1 Å². The minimum Gasteiger partial charge on any atom is -0.493 e. The van der Waals surface area contributed by atoms with Gasteiger partial charge in [0.2, 0.25) is 0 Å². The van der Waals surface area contributed by atoms with Crippen LogP contribution in [0.2, 0.25) is 0 Å². The van der Waals surface area contributed by atoms with Crippen LogP contribution in [-0.2, 0) is 19.4 Å². The highest BCUT2D eigenvalue weighted by Gasteiger charge is 2.12. The number of hydrogen-bond acceptors (Lipinski definition) is 2. The molecular formula is C15H17ClN2O. The summed E-state index contributed by atoms with van der Waals surface area (Å²) in [6.07, 6.45) is 5.87. The number of fused-ring (bicyclic) bond motifs is 1. The molecule has 1 aliphatic heterocycles. The molecule has 0 aliphatic carbocycles. The van der Waals surface area contributed by atoms with Crippen molar-refractivity contribution in [1.29, 1.82) is 0 Å². The number of aryl methyl sites for hydroxylation is 2. The van der Waals surface area contributed by atoms with E-state index >= 15 is 0 Å². The van der Waals surface area contributed by atoms with E-state index in [9.17, 15) is 0 Å². The van der Waals surface area contributed by atoms with Gasteiger partial charge < -0.3 is 4.74 Å². The maximum absolute atomic E-state index is 6.03. The smallest absolute Gasteiger partial charge is 0.122 e. The zero-order chi connectivity index (χ0) is 13.2. The van der Waals surface area contributed by atoms with Gasteiger partial charge in [0.15, 0.2) is 0 Å². The Hall–Kier alpha value is -1.48. The van der Waals surface area contributed by atoms with E-state index in [2.05, 4.69) is 23.3 Å². The first-order valence-electron chi connectivity index (χ1n) is 6.63. The van der Waals surface area contributed by atoms with Gasteiger partial charge in [0.25, 0.3) is 0 Å². The molecule has 1 aromatic carbocycles. The normalized spacial score (nSPS) is 15.1. The second kappa shape index (κ2) is 5.25. The molecule has 2 heterocycles. The molecule has 0 saturated heterocycles. The molecule has 1 atom stereocenters. The molecule has 19 heavy (non-hydrogen) atoms. The fourth-order valence-corrected chi connectivity index (χ4v) is 2.46. The van der Waals surface area contributed by atoms with Crippen molar-refractivity contribution in [2.24, 2.45) is 0 Å². The molecule has 0 radical (unpaired) electrons. The SMILES string of the molecule is CC(Cl)c1cnn(CCc2ccc3c(c2)CCO3)c1. The quantitative estimate of drug-likeness (QED) is 0.801. The van der Waals surface area contributed by atoms with Crippen molar-refractivity contribution in [2.45, 2.75) is 31.7 Å². The van der Waals surface area contributed by atoms with Gasteiger partial charge in [-0.3, -0.25) is 4.68 Å². The monoisotopic (exact) mass is 276 g/mol. The molecule has 1 unspecified atom stereocenters. The van der Waals surface area contributed by atoms with Crippen LogP contribution in [0.1, 0.15) is 29.0 Å². The van der Waals surface area contributed by atoms with Crippen LogP contribution < -0.4 is 4.74 Å². The van der Waals surface area contributed by atoms with Crippen molar-refractivity contribution in [3.63, 3.8) is 0 Å². The highest BCUT2D eigenvalue weighted by Crippen LogP contribution is 2.26. The van der Waals surface area contributed by atoms with Gasteiger partial charge in [-0.1, -0.05) is 12.1 Å². The number of nitrogens with zero attached hydrogens (tertiary/aromatic N) is 2. The van der Waals surface area contributed by atoms with Gasteiger partial charge in [-0.05, 0) is 30.5 Å². The van der Waals surface area contributed by atoms with Gasteiger partial charge in [0, 0.05) is 24.7 Å². The van der Waals surface area contributed by atoms with Gasteiger partial charge >= 0.3 is 0 Å². The summed E-state index contributed by atoms with van der Waals surface area (Å²) in [6, 6.07) is 6.46. The summed E-state index contributed by atoms with van der Waals surface area (Å²) in [6.45, 7) is 3.65. The predicted octanol–water partition coefficient (Wildman–Crippen LogP) is 3.36. The zero-order valence-corrected chi connectivity index (χ0v) is 11.7. The van der Waals surface area contributed by atoms with E-state index in [4.69, 9.17) is 16.3 Å². The van der Waals surface area contributed by atoms with Crippen molar-refractivity contribution < 1.29 is 4.74 Å². The Balaban J connectivity index is 1.65. The molecule has 2 aromatic rings. The molecule has 1 aliphatic rings. The number of halogens is 1. The Morgan fingerprint density at radius 2 is 2.37 bits per heavy atom. The number of alkyl halides is 1. The van der Waals surface area contributed by atoms with Crippen LogP contribution >= 0.6 is 11.6 Å². The fraction of sp³-hybridized carbons (Fsp3) is 0.400. The van der Waals surface area contributed by atoms with Crippen LogP contribution in [0.5, 0.6) is 5.75 Å². The van der Waals surface area contributed by atoms with E-state index < -0.39 is 0 Å². The first-order chi connectivity index (χ1) is 9.22. The number of benzene rings is 1. The van der Waals surface area contributed by atoms with Gasteiger partial charge in [-0.25, -0.2) is 0 Å². The minimum atomic E-state index is 0.0193. The second-order valence-electron chi connectivity index (χ2n) is 4.94. The van der Waals surface area contributed by atoms with E-state index in [-0.39, 0.29) is 5.38 Å². The average molecular weight is 277 g/mol. The molecular weight excluding hydrogens is 260 g/mol. The predicted molar refractivity (Wildman–Crippen MR) is 75.8 cm³/mol. The Labute approximate surface area is 118 Å². The van der Waals surface area contributed by atoms with Crippen LogP contribution in [0.25, 0.3) is 0 Å². The van der Waals surface area contributed by atoms with Gasteiger partial charge in [-0.15, -0.1) is 11.6 Å². The summed E-state index contributed by atoms with van der Waals surface area (Å²) in [5.41, 5.74) is 3.73. The van der Waals surface area contributed by atoms with Gasteiger partial charge in [0.05, 0.1) is 18.2 Å². The topological polar surface area (TPSA) is 27.1 Å². The molecule has 0 spiro atoms. The third-order valence-electron chi connectivity index (χ3n) is 3.50. The summed E-state index contributed by atoms with van der Waals surface area (Å²) >= 11 is 6.03. The van der Waals surface area contributed by atoms with Crippen molar-refractivity contribution in [3.05, 3.63) is 47.3 Å². The molecule has 0 fully saturated rings. The maximum atomic E-state index is 6.03. The Kier molecular flexibility index (Phi) is 3.47. The highest BCUT2D eigenvalue weighted by atomic mass is 35.5. The van der Waals surface area contributed by atoms with Crippen LogP contribution in [-0.4, -0.2) is 16.4 Å². The molecule has 0 bridgehead atoms. The largest absolute Gasteiger partial charge is 0.493 e. The fourth-order valence-electron chi connectivity index (χ4n) is 2.35. The number of ether oxygens (including phenoxy) is 1. The maximum Gasteiger partial charge on any atom is 0.122 e. The third-order valence-corrected chi connectivity index (χ3v) is 3.75. The average Bonchev–Trinajstić information content (AvgIpc) is 3.04. The molecule has 0 saturated carbocycles. The van der Waals surface area contributed by atoms with E-state index in [0.717, 1.165) is 37.3 Å². The van der Waals surface area contributed by atoms with Crippen molar-refractivity contribution in [2.75, 3.05) is 6.61 Å². The summed E-state index contributed by atoms with van der Waals surface area (Å²) in [4.78, 5) is 0. The summed E-state index contributed by atoms with van der Waals surface area (Å²) in [5, 5.41) is 4.35. The zero-order valence-electron chi connectivity index (χ0n) is 11.0. The van der Waals surface area contributed by atoms with E-state index in [0.29, 0.717) is 0 Å². The second-order valence-corrected chi connectivity index (χ2v) is 5.60. The standard InChI is InChI=1S/C15H17ClN2O/c1-11(16)14-9-17-18(10-14)6-4-12-2-3-15-13(8-12)5-7-19-15/h2-3,8-11H,4-7H2,1H3. The van der Waals surface area contributed by atoms with Crippen molar-refractivity contribution >= 4 is 11.6 Å². The third kappa shape index (κ3) is 2.76. The van der Waals surface area contributed by atoms with Crippen LogP contribution in [0.4, 0.5) is 0 Å². The number of hydrogen-bond donors (Lipinski definition) is 0.